The van der Waals surface area contributed by atoms with Crippen LogP contribution in [0.1, 0.15) is 56.9 Å². The molecule has 2 N–H and O–H groups in total. The molecule has 0 spiro atoms. The third-order valence-corrected chi connectivity index (χ3v) is 6.36. The van der Waals surface area contributed by atoms with Gasteiger partial charge in [-0.1, -0.05) is 38.3 Å². The second kappa shape index (κ2) is 9.53. The summed E-state index contributed by atoms with van der Waals surface area (Å²) in [7, 11) is 0. The zero-order valence-electron chi connectivity index (χ0n) is 16.5. The minimum atomic E-state index is -3.25. The fourth-order valence-corrected chi connectivity index (χ4v) is 4.87. The van der Waals surface area contributed by atoms with E-state index >= 15 is 0 Å². The maximum absolute atomic E-state index is 13.3. The van der Waals surface area contributed by atoms with E-state index in [1.54, 1.807) is 18.2 Å². The highest BCUT2D eigenvalue weighted by Crippen LogP contribution is 2.41. The number of halogens is 3. The quantitative estimate of drug-likeness (QED) is 0.420. The highest BCUT2D eigenvalue weighted by Gasteiger charge is 2.40. The number of alkyl halides is 3. The van der Waals surface area contributed by atoms with Crippen molar-refractivity contribution in [2.75, 3.05) is 26.2 Å². The number of piperazine rings is 1. The van der Waals surface area contributed by atoms with Crippen molar-refractivity contribution in [2.24, 2.45) is 0 Å². The summed E-state index contributed by atoms with van der Waals surface area (Å²) in [6.45, 7) is 5.74. The first-order chi connectivity index (χ1) is 13.3. The van der Waals surface area contributed by atoms with E-state index in [0.29, 0.717) is 6.04 Å². The van der Waals surface area contributed by atoms with Crippen LogP contribution in [0.5, 0.6) is 5.75 Å². The zero-order valence-corrected chi connectivity index (χ0v) is 18.6. The third-order valence-electron chi connectivity index (χ3n) is 6.14. The van der Waals surface area contributed by atoms with E-state index in [4.69, 9.17) is 4.74 Å². The molecule has 2 fully saturated rings. The van der Waals surface area contributed by atoms with Gasteiger partial charge in [-0.15, -0.1) is 0 Å². The van der Waals surface area contributed by atoms with Gasteiger partial charge >= 0.3 is 4.12 Å². The fourth-order valence-electron chi connectivity index (χ4n) is 4.62. The summed E-state index contributed by atoms with van der Waals surface area (Å²) in [6.07, 6.45) is 5.75. The predicted molar refractivity (Wildman–Crippen MR) is 115 cm³/mol. The minimum absolute atomic E-state index is 0.116. The lowest BCUT2D eigenvalue weighted by molar-refractivity contribution is -0.0693. The van der Waals surface area contributed by atoms with Crippen molar-refractivity contribution >= 4 is 22.6 Å². The zero-order chi connectivity index (χ0) is 20.2. The van der Waals surface area contributed by atoms with Crippen molar-refractivity contribution in [2.45, 2.75) is 67.1 Å². The molecule has 0 bridgehead atoms. The van der Waals surface area contributed by atoms with Gasteiger partial charge in [0, 0.05) is 38.1 Å². The lowest BCUT2D eigenvalue weighted by Crippen LogP contribution is -2.53. The summed E-state index contributed by atoms with van der Waals surface area (Å²) in [4.78, 5) is 2.41. The monoisotopic (exact) mass is 508 g/mol. The second-order valence-electron chi connectivity index (χ2n) is 8.16. The van der Waals surface area contributed by atoms with E-state index in [9.17, 15) is 13.9 Å². The van der Waals surface area contributed by atoms with Crippen LogP contribution in [0, 0.1) is 0 Å². The van der Waals surface area contributed by atoms with E-state index in [2.05, 4.69) is 17.1 Å². The Morgan fingerprint density at radius 1 is 1.36 bits per heavy atom. The first kappa shape index (κ1) is 22.2. The molecule has 1 heterocycles. The number of nitrogens with one attached hydrogen (secondary N) is 1. The van der Waals surface area contributed by atoms with Crippen molar-refractivity contribution in [3.63, 3.8) is 0 Å². The summed E-state index contributed by atoms with van der Waals surface area (Å²) in [6, 6.07) is 7.38. The Morgan fingerprint density at radius 2 is 2.11 bits per heavy atom. The average molecular weight is 508 g/mol. The van der Waals surface area contributed by atoms with Gasteiger partial charge < -0.3 is 15.2 Å². The summed E-state index contributed by atoms with van der Waals surface area (Å²) < 4.78 is 28.2. The first-order valence-corrected chi connectivity index (χ1v) is 11.4. The molecule has 1 aliphatic carbocycles. The lowest BCUT2D eigenvalue weighted by atomic mass is 9.72. The van der Waals surface area contributed by atoms with Crippen LogP contribution in [0.15, 0.2) is 24.3 Å². The van der Waals surface area contributed by atoms with E-state index in [0.717, 1.165) is 92.9 Å². The van der Waals surface area contributed by atoms with Gasteiger partial charge in [-0.25, -0.2) is 0 Å². The predicted octanol–water partition coefficient (Wildman–Crippen LogP) is 4.51. The number of hydrogen-bond donors (Lipinski definition) is 2. The summed E-state index contributed by atoms with van der Waals surface area (Å²) in [5.41, 5.74) is 0.0881. The minimum Gasteiger partial charge on any atom is -0.425 e. The number of ether oxygens (including phenoxy) is 1. The van der Waals surface area contributed by atoms with Crippen LogP contribution in [0.4, 0.5) is 8.78 Å². The molecule has 1 aromatic carbocycles. The van der Waals surface area contributed by atoms with Crippen LogP contribution in [-0.4, -0.2) is 51.9 Å². The van der Waals surface area contributed by atoms with Crippen LogP contribution in [0.3, 0.4) is 0 Å². The van der Waals surface area contributed by atoms with Crippen molar-refractivity contribution in [1.82, 2.24) is 10.2 Å². The lowest BCUT2D eigenvalue weighted by Gasteiger charge is -2.43. The van der Waals surface area contributed by atoms with Gasteiger partial charge in [-0.2, -0.15) is 8.78 Å². The van der Waals surface area contributed by atoms with Crippen LogP contribution >= 0.6 is 22.6 Å². The largest absolute Gasteiger partial charge is 0.451 e. The van der Waals surface area contributed by atoms with Crippen molar-refractivity contribution < 1.29 is 18.6 Å². The smallest absolute Gasteiger partial charge is 0.425 e. The standard InChI is InChI=1S/C21H31F2IN2O2/c1-2-17-14-26(12-11-25-17)15-19(20(27)9-4-3-5-10-20)16-7-6-8-18(13-16)28-21(22,23)24/h6-8,13,17,19,25,27H,2-5,9-12,14-15H2,1H3/t17?,19-/m1/s1. The summed E-state index contributed by atoms with van der Waals surface area (Å²) in [5.74, 6) is 0.0304. The van der Waals surface area contributed by atoms with Crippen LogP contribution < -0.4 is 10.1 Å². The Bertz CT molecular complexity index is 635. The van der Waals surface area contributed by atoms with Crippen molar-refractivity contribution in [3.8, 4) is 5.75 Å². The third kappa shape index (κ3) is 6.00. The summed E-state index contributed by atoms with van der Waals surface area (Å²) >= 11 is 0.986. The average Bonchev–Trinajstić information content (AvgIpc) is 2.65. The Labute approximate surface area is 180 Å². The van der Waals surface area contributed by atoms with Gasteiger partial charge in [0.15, 0.2) is 0 Å². The van der Waals surface area contributed by atoms with Crippen LogP contribution in [-0.2, 0) is 0 Å². The molecule has 1 unspecified atom stereocenters. The molecule has 2 aliphatic rings. The normalized spacial score (nSPS) is 24.7. The molecular formula is C21H31F2IN2O2. The van der Waals surface area contributed by atoms with E-state index in [-0.39, 0.29) is 11.7 Å². The SMILES string of the molecule is CCC1CN(C[C@H](c2cccc(OC(F)(F)I)c2)C2(O)CCCCC2)CCN1. The fraction of sp³-hybridized carbons (Fsp3) is 0.714. The number of benzene rings is 1. The van der Waals surface area contributed by atoms with Crippen molar-refractivity contribution in [1.29, 1.82) is 0 Å². The van der Waals surface area contributed by atoms with Gasteiger partial charge in [-0.3, -0.25) is 4.90 Å². The van der Waals surface area contributed by atoms with E-state index < -0.39 is 9.72 Å². The highest BCUT2D eigenvalue weighted by atomic mass is 127. The molecule has 7 heteroatoms. The van der Waals surface area contributed by atoms with Gasteiger partial charge in [0.25, 0.3) is 0 Å². The van der Waals surface area contributed by atoms with E-state index in [1.807, 2.05) is 6.07 Å². The van der Waals surface area contributed by atoms with Crippen LogP contribution in [0.25, 0.3) is 0 Å². The van der Waals surface area contributed by atoms with Gasteiger partial charge in [-0.05, 0) is 37.0 Å². The number of nitrogens with zero attached hydrogens (tertiary/aromatic N) is 1. The molecule has 2 atom stereocenters. The molecule has 1 aromatic rings. The molecule has 1 aliphatic heterocycles. The van der Waals surface area contributed by atoms with Crippen LogP contribution in [0.2, 0.25) is 0 Å². The molecule has 3 rings (SSSR count). The molecule has 0 radical (unpaired) electrons. The molecule has 28 heavy (non-hydrogen) atoms. The van der Waals surface area contributed by atoms with Crippen molar-refractivity contribution in [3.05, 3.63) is 29.8 Å². The topological polar surface area (TPSA) is 44.7 Å². The number of rotatable bonds is 7. The highest BCUT2D eigenvalue weighted by molar-refractivity contribution is 14.1. The molecule has 158 valence electrons. The summed E-state index contributed by atoms with van der Waals surface area (Å²) in [5, 5.41) is 15.1. The Kier molecular flexibility index (Phi) is 7.55. The molecular weight excluding hydrogens is 477 g/mol. The Morgan fingerprint density at radius 3 is 2.79 bits per heavy atom. The molecule has 1 saturated heterocycles. The number of hydrogen-bond acceptors (Lipinski definition) is 4. The Balaban J connectivity index is 1.85. The Hall–Kier alpha value is -0.510. The van der Waals surface area contributed by atoms with E-state index in [1.165, 1.54) is 0 Å². The van der Waals surface area contributed by atoms with Gasteiger partial charge in [0.2, 0.25) is 0 Å². The first-order valence-electron chi connectivity index (χ1n) is 10.3. The van der Waals surface area contributed by atoms with Gasteiger partial charge in [0.05, 0.1) is 28.2 Å². The maximum atomic E-state index is 13.3. The molecule has 0 aromatic heterocycles. The van der Waals surface area contributed by atoms with Gasteiger partial charge in [0.1, 0.15) is 5.75 Å². The second-order valence-corrected chi connectivity index (χ2v) is 9.41. The molecule has 0 amide bonds. The molecule has 1 saturated carbocycles. The number of aliphatic hydroxyl groups is 1. The maximum Gasteiger partial charge on any atom is 0.451 e. The molecule has 4 nitrogen and oxygen atoms in total.